The number of hydrogen-bond donors (Lipinski definition) is 2. The summed E-state index contributed by atoms with van der Waals surface area (Å²) in [4.78, 5) is 0. The first-order chi connectivity index (χ1) is 1.50. The van der Waals surface area contributed by atoms with Gasteiger partial charge >= 0.3 is 0 Å². The molecule has 4 N–H and O–H groups in total. The Labute approximate surface area is 25.8 Å². The summed E-state index contributed by atoms with van der Waals surface area (Å²) in [6.07, 6.45) is 0. The smallest absolute Gasteiger partial charge is 0.00772 e. The predicted molar refractivity (Wildman–Crippen MR) is 17.9 cm³/mol. The molecule has 4 heavy (non-hydrogen) atoms. The van der Waals surface area contributed by atoms with Crippen molar-refractivity contribution in [2.45, 2.75) is 0 Å². The van der Waals surface area contributed by atoms with Gasteiger partial charge in [0.25, 0.3) is 0 Å². The SMILES string of the molecule is C1CN1.N. The van der Waals surface area contributed by atoms with Crippen LogP contribution in [-0.2, 0) is 0 Å². The van der Waals surface area contributed by atoms with E-state index < -0.39 is 0 Å². The van der Waals surface area contributed by atoms with Crippen LogP contribution in [0.4, 0.5) is 0 Å². The van der Waals surface area contributed by atoms with E-state index in [0.717, 1.165) is 0 Å². The average molecular weight is 60.1 g/mol. The third kappa shape index (κ3) is 1.92. The minimum absolute atomic E-state index is 0. The van der Waals surface area contributed by atoms with Crippen LogP contribution in [0.2, 0.25) is 0 Å². The molecule has 1 fully saturated rings. The minimum atomic E-state index is 0. The second kappa shape index (κ2) is 1.26. The lowest BCUT2D eigenvalue weighted by Crippen LogP contribution is -1.56. The normalized spacial score (nSPS) is 18.0. The van der Waals surface area contributed by atoms with Crippen LogP contribution in [0, 0.1) is 0 Å². The van der Waals surface area contributed by atoms with Crippen LogP contribution in [0.1, 0.15) is 0 Å². The van der Waals surface area contributed by atoms with Crippen LogP contribution in [0.15, 0.2) is 0 Å². The van der Waals surface area contributed by atoms with Crippen molar-refractivity contribution < 1.29 is 0 Å². The van der Waals surface area contributed by atoms with Gasteiger partial charge in [0.05, 0.1) is 0 Å². The Balaban J connectivity index is 0.0000000900. The largest absolute Gasteiger partial charge is 0.344 e. The standard InChI is InChI=1S/C2H5N.H3N/c1-2-3-1;/h3H,1-2H2;1H3. The Hall–Kier alpha value is -0.0800. The van der Waals surface area contributed by atoms with Gasteiger partial charge in [0.1, 0.15) is 0 Å². The second-order valence-electron chi connectivity index (χ2n) is 0.750. The van der Waals surface area contributed by atoms with Crippen molar-refractivity contribution in [2.24, 2.45) is 0 Å². The van der Waals surface area contributed by atoms with E-state index in [1.54, 1.807) is 0 Å². The molecule has 1 heterocycles. The number of nitrogens with one attached hydrogen (secondary N) is 1. The van der Waals surface area contributed by atoms with E-state index in [1.165, 1.54) is 13.1 Å². The summed E-state index contributed by atoms with van der Waals surface area (Å²) in [5, 5.41) is 3.00. The van der Waals surface area contributed by atoms with Crippen LogP contribution >= 0.6 is 0 Å². The fourth-order valence-electron chi connectivity index (χ4n) is 0. The average Bonchev–Trinajstić information content (AvgIpc) is 1.46. The first-order valence-corrected chi connectivity index (χ1v) is 1.21. The summed E-state index contributed by atoms with van der Waals surface area (Å²) >= 11 is 0. The Kier molecular flexibility index (Phi) is 1.24. The molecule has 2 heteroatoms. The van der Waals surface area contributed by atoms with Gasteiger partial charge in [-0.2, -0.15) is 0 Å². The van der Waals surface area contributed by atoms with Gasteiger partial charge in [-0.3, -0.25) is 0 Å². The number of rotatable bonds is 0. The summed E-state index contributed by atoms with van der Waals surface area (Å²) in [6, 6.07) is 0. The molecular weight excluding hydrogens is 52.0 g/mol. The Morgan fingerprint density at radius 1 is 1.25 bits per heavy atom. The summed E-state index contributed by atoms with van der Waals surface area (Å²) in [5.74, 6) is 0. The fourth-order valence-corrected chi connectivity index (χ4v) is 0. The van der Waals surface area contributed by atoms with Gasteiger partial charge < -0.3 is 11.5 Å². The molecule has 1 aliphatic heterocycles. The van der Waals surface area contributed by atoms with Gasteiger partial charge in [0, 0.05) is 13.1 Å². The second-order valence-corrected chi connectivity index (χ2v) is 0.750. The van der Waals surface area contributed by atoms with Crippen LogP contribution in [0.25, 0.3) is 0 Å². The van der Waals surface area contributed by atoms with E-state index in [4.69, 9.17) is 0 Å². The number of hydrogen-bond acceptors (Lipinski definition) is 2. The Bertz CT molecular complexity index is 8.75. The van der Waals surface area contributed by atoms with Crippen LogP contribution < -0.4 is 11.5 Å². The van der Waals surface area contributed by atoms with E-state index in [9.17, 15) is 0 Å². The summed E-state index contributed by atoms with van der Waals surface area (Å²) < 4.78 is 0. The van der Waals surface area contributed by atoms with Crippen molar-refractivity contribution in [1.29, 1.82) is 0 Å². The highest BCUT2D eigenvalue weighted by Gasteiger charge is 1.91. The molecule has 0 aromatic heterocycles. The van der Waals surface area contributed by atoms with Crippen molar-refractivity contribution in [2.75, 3.05) is 13.1 Å². The molecule has 0 saturated carbocycles. The third-order valence-corrected chi connectivity index (χ3v) is 0.250. The van der Waals surface area contributed by atoms with E-state index >= 15 is 0 Å². The third-order valence-electron chi connectivity index (χ3n) is 0.250. The molecular formula is C2H8N2. The molecule has 1 rings (SSSR count). The van der Waals surface area contributed by atoms with Gasteiger partial charge in [0.2, 0.25) is 0 Å². The lowest BCUT2D eigenvalue weighted by molar-refractivity contribution is 1.34. The zero-order valence-electron chi connectivity index (χ0n) is 2.62. The van der Waals surface area contributed by atoms with E-state index in [2.05, 4.69) is 5.32 Å². The van der Waals surface area contributed by atoms with Crippen molar-refractivity contribution in [3.63, 3.8) is 0 Å². The van der Waals surface area contributed by atoms with Crippen LogP contribution in [0.5, 0.6) is 0 Å². The monoisotopic (exact) mass is 60.1 g/mol. The van der Waals surface area contributed by atoms with Crippen molar-refractivity contribution in [3.05, 3.63) is 0 Å². The van der Waals surface area contributed by atoms with Crippen molar-refractivity contribution in [1.82, 2.24) is 11.5 Å². The maximum absolute atomic E-state index is 3.00. The van der Waals surface area contributed by atoms with Gasteiger partial charge in [-0.25, -0.2) is 0 Å². The minimum Gasteiger partial charge on any atom is -0.344 e. The molecule has 0 aromatic carbocycles. The van der Waals surface area contributed by atoms with Crippen molar-refractivity contribution >= 4 is 0 Å². The zero-order chi connectivity index (χ0) is 2.12. The summed E-state index contributed by atoms with van der Waals surface area (Å²) in [5.41, 5.74) is 0. The highest BCUT2D eigenvalue weighted by molar-refractivity contribution is 4.58. The fraction of sp³-hybridized carbons (Fsp3) is 1.00. The maximum atomic E-state index is 3.00. The molecule has 2 nitrogen and oxygen atoms in total. The van der Waals surface area contributed by atoms with E-state index in [-0.39, 0.29) is 6.15 Å². The van der Waals surface area contributed by atoms with Crippen LogP contribution in [0.3, 0.4) is 0 Å². The topological polar surface area (TPSA) is 56.9 Å². The predicted octanol–water partition coefficient (Wildman–Crippen LogP) is -0.248. The molecule has 0 unspecified atom stereocenters. The Morgan fingerprint density at radius 3 is 1.50 bits per heavy atom. The maximum Gasteiger partial charge on any atom is 0.00772 e. The van der Waals surface area contributed by atoms with E-state index in [0.29, 0.717) is 0 Å². The molecule has 0 atom stereocenters. The highest BCUT2D eigenvalue weighted by atomic mass is 15.0. The van der Waals surface area contributed by atoms with Crippen molar-refractivity contribution in [3.8, 4) is 0 Å². The van der Waals surface area contributed by atoms with Gasteiger partial charge in [-0.15, -0.1) is 0 Å². The molecule has 0 bridgehead atoms. The molecule has 1 saturated heterocycles. The molecule has 26 valence electrons. The van der Waals surface area contributed by atoms with Gasteiger partial charge in [-0.1, -0.05) is 0 Å². The molecule has 0 aromatic rings. The lowest BCUT2D eigenvalue weighted by atomic mass is 11.0. The molecule has 0 aliphatic carbocycles. The molecule has 1 aliphatic rings. The first kappa shape index (κ1) is 3.92. The molecule has 0 amide bonds. The Morgan fingerprint density at radius 2 is 1.50 bits per heavy atom. The zero-order valence-corrected chi connectivity index (χ0v) is 2.62. The summed E-state index contributed by atoms with van der Waals surface area (Å²) in [7, 11) is 0. The van der Waals surface area contributed by atoms with Gasteiger partial charge in [0.15, 0.2) is 0 Å². The van der Waals surface area contributed by atoms with E-state index in [1.807, 2.05) is 0 Å². The first-order valence-electron chi connectivity index (χ1n) is 1.21. The van der Waals surface area contributed by atoms with Gasteiger partial charge in [-0.05, 0) is 0 Å². The molecule has 0 radical (unpaired) electrons. The highest BCUT2D eigenvalue weighted by Crippen LogP contribution is 1.65. The summed E-state index contributed by atoms with van der Waals surface area (Å²) in [6.45, 7) is 2.50. The molecule has 0 spiro atoms. The van der Waals surface area contributed by atoms with Crippen LogP contribution in [-0.4, -0.2) is 13.1 Å². The lowest BCUT2D eigenvalue weighted by Gasteiger charge is -1.21. The quantitative estimate of drug-likeness (QED) is 0.379.